The summed E-state index contributed by atoms with van der Waals surface area (Å²) >= 11 is 1.49. The molecule has 0 aromatic carbocycles. The number of hydrogen-bond donors (Lipinski definition) is 3. The summed E-state index contributed by atoms with van der Waals surface area (Å²) < 4.78 is 0. The van der Waals surface area contributed by atoms with Crippen molar-refractivity contribution in [1.29, 1.82) is 0 Å². The fourth-order valence-corrected chi connectivity index (χ4v) is 2.29. The van der Waals surface area contributed by atoms with Gasteiger partial charge in [-0.05, 0) is 25.5 Å². The highest BCUT2D eigenvalue weighted by atomic mass is 32.2. The molecule has 0 aliphatic rings. The number of aliphatic hydroxyl groups is 1. The van der Waals surface area contributed by atoms with Crippen molar-refractivity contribution in [3.05, 3.63) is 0 Å². The third-order valence-corrected chi connectivity index (χ3v) is 3.75. The minimum atomic E-state index is -1.02. The molecule has 17 heavy (non-hydrogen) atoms. The van der Waals surface area contributed by atoms with Crippen molar-refractivity contribution < 1.29 is 19.8 Å². The van der Waals surface area contributed by atoms with Crippen LogP contribution in [0.15, 0.2) is 0 Å². The second-order valence-electron chi connectivity index (χ2n) is 4.28. The molecule has 3 N–H and O–H groups in total. The Morgan fingerprint density at radius 2 is 2.06 bits per heavy atom. The molecule has 0 saturated heterocycles. The Hall–Kier alpha value is -0.750. The Morgan fingerprint density at radius 1 is 1.47 bits per heavy atom. The molecule has 0 aromatic rings. The van der Waals surface area contributed by atoms with Gasteiger partial charge >= 0.3 is 5.97 Å². The number of rotatable bonds is 8. The highest BCUT2D eigenvalue weighted by molar-refractivity contribution is 7.99. The van der Waals surface area contributed by atoms with Crippen LogP contribution in [-0.4, -0.2) is 45.2 Å². The molecule has 0 bridgehead atoms. The topological polar surface area (TPSA) is 86.6 Å². The third kappa shape index (κ3) is 8.04. The van der Waals surface area contributed by atoms with Crippen molar-refractivity contribution in [2.75, 3.05) is 11.5 Å². The van der Waals surface area contributed by atoms with Crippen LogP contribution >= 0.6 is 11.8 Å². The van der Waals surface area contributed by atoms with Gasteiger partial charge in [0, 0.05) is 12.7 Å². The van der Waals surface area contributed by atoms with Crippen LogP contribution < -0.4 is 5.32 Å². The first-order valence-corrected chi connectivity index (χ1v) is 6.74. The zero-order chi connectivity index (χ0) is 13.5. The summed E-state index contributed by atoms with van der Waals surface area (Å²) in [7, 11) is 0. The average molecular weight is 263 g/mol. The third-order valence-electron chi connectivity index (χ3n) is 2.40. The van der Waals surface area contributed by atoms with Crippen molar-refractivity contribution in [2.24, 2.45) is 0 Å². The first kappa shape index (κ1) is 16.2. The van der Waals surface area contributed by atoms with Gasteiger partial charge in [0.05, 0.1) is 5.60 Å². The SMILES string of the molecule is CCC(C)(O)CSCCC(NC(C)=O)C(=O)O. The van der Waals surface area contributed by atoms with Gasteiger partial charge in [0.2, 0.25) is 5.91 Å². The largest absolute Gasteiger partial charge is 0.480 e. The predicted molar refractivity (Wildman–Crippen MR) is 68.1 cm³/mol. The molecule has 5 nitrogen and oxygen atoms in total. The zero-order valence-electron chi connectivity index (χ0n) is 10.5. The van der Waals surface area contributed by atoms with Crippen molar-refractivity contribution in [3.63, 3.8) is 0 Å². The van der Waals surface area contributed by atoms with Gasteiger partial charge in [0.1, 0.15) is 6.04 Å². The number of carboxylic acids is 1. The van der Waals surface area contributed by atoms with E-state index < -0.39 is 17.6 Å². The van der Waals surface area contributed by atoms with Gasteiger partial charge < -0.3 is 15.5 Å². The number of amides is 1. The van der Waals surface area contributed by atoms with Gasteiger partial charge in [0.15, 0.2) is 0 Å². The Balaban J connectivity index is 3.91. The van der Waals surface area contributed by atoms with Crippen LogP contribution in [0.2, 0.25) is 0 Å². The fraction of sp³-hybridized carbons (Fsp3) is 0.818. The summed E-state index contributed by atoms with van der Waals surface area (Å²) in [6, 6.07) is -0.841. The van der Waals surface area contributed by atoms with E-state index in [2.05, 4.69) is 5.32 Å². The number of aliphatic carboxylic acids is 1. The van der Waals surface area contributed by atoms with Crippen molar-refractivity contribution >= 4 is 23.6 Å². The first-order valence-electron chi connectivity index (χ1n) is 5.58. The van der Waals surface area contributed by atoms with Crippen LogP contribution in [0.1, 0.15) is 33.6 Å². The van der Waals surface area contributed by atoms with Gasteiger partial charge in [-0.2, -0.15) is 11.8 Å². The maximum Gasteiger partial charge on any atom is 0.326 e. The molecular formula is C11H21NO4S. The lowest BCUT2D eigenvalue weighted by Crippen LogP contribution is -2.40. The molecule has 2 unspecified atom stereocenters. The molecule has 0 spiro atoms. The monoisotopic (exact) mass is 263 g/mol. The molecule has 0 fully saturated rings. The van der Waals surface area contributed by atoms with E-state index in [1.807, 2.05) is 6.92 Å². The minimum absolute atomic E-state index is 0.344. The van der Waals surface area contributed by atoms with Crippen molar-refractivity contribution in [1.82, 2.24) is 5.32 Å². The second-order valence-corrected chi connectivity index (χ2v) is 5.39. The Labute approximate surface area is 106 Å². The summed E-state index contributed by atoms with van der Waals surface area (Å²) in [4.78, 5) is 21.6. The average Bonchev–Trinajstić information content (AvgIpc) is 2.21. The summed E-state index contributed by atoms with van der Waals surface area (Å²) in [6.07, 6.45) is 1.02. The van der Waals surface area contributed by atoms with E-state index >= 15 is 0 Å². The molecule has 0 aromatic heterocycles. The highest BCUT2D eigenvalue weighted by Gasteiger charge is 2.20. The standard InChI is InChI=1S/C11H21NO4S/c1-4-11(3,16)7-17-6-5-9(10(14)15)12-8(2)13/h9,16H,4-7H2,1-3H3,(H,12,13)(H,14,15). The lowest BCUT2D eigenvalue weighted by molar-refractivity contribution is -0.141. The minimum Gasteiger partial charge on any atom is -0.480 e. The molecule has 1 amide bonds. The van der Waals surface area contributed by atoms with Gasteiger partial charge in [-0.3, -0.25) is 4.79 Å². The number of thioether (sulfide) groups is 1. The molecule has 0 aliphatic heterocycles. The van der Waals surface area contributed by atoms with Crippen LogP contribution in [0, 0.1) is 0 Å². The summed E-state index contributed by atoms with van der Waals surface area (Å²) in [5.41, 5.74) is -0.711. The van der Waals surface area contributed by atoms with E-state index in [1.165, 1.54) is 18.7 Å². The van der Waals surface area contributed by atoms with Gasteiger partial charge in [-0.25, -0.2) is 4.79 Å². The van der Waals surface area contributed by atoms with Crippen molar-refractivity contribution in [3.8, 4) is 0 Å². The van der Waals surface area contributed by atoms with Crippen LogP contribution in [-0.2, 0) is 9.59 Å². The number of carbonyl (C=O) groups is 2. The van der Waals surface area contributed by atoms with E-state index in [-0.39, 0.29) is 5.91 Å². The quantitative estimate of drug-likeness (QED) is 0.565. The molecule has 100 valence electrons. The molecule has 0 saturated carbocycles. The maximum atomic E-state index is 10.8. The van der Waals surface area contributed by atoms with Crippen LogP contribution in [0.25, 0.3) is 0 Å². The normalized spacial score (nSPS) is 16.0. The van der Waals surface area contributed by atoms with E-state index in [4.69, 9.17) is 5.11 Å². The molecule has 0 rings (SSSR count). The maximum absolute atomic E-state index is 10.8. The fourth-order valence-electron chi connectivity index (χ4n) is 1.10. The Kier molecular flexibility index (Phi) is 7.22. The molecular weight excluding hydrogens is 242 g/mol. The van der Waals surface area contributed by atoms with E-state index in [1.54, 1.807) is 6.92 Å². The Morgan fingerprint density at radius 3 is 2.47 bits per heavy atom. The van der Waals surface area contributed by atoms with Crippen LogP contribution in [0.3, 0.4) is 0 Å². The van der Waals surface area contributed by atoms with Gasteiger partial charge in [0.25, 0.3) is 0 Å². The molecule has 0 radical (unpaired) electrons. The number of hydrogen-bond acceptors (Lipinski definition) is 4. The summed E-state index contributed by atoms with van der Waals surface area (Å²) in [6.45, 7) is 4.95. The predicted octanol–water partition coefficient (Wildman–Crippen LogP) is 0.860. The Bertz CT molecular complexity index is 268. The van der Waals surface area contributed by atoms with E-state index in [0.29, 0.717) is 24.3 Å². The molecule has 2 atom stereocenters. The van der Waals surface area contributed by atoms with Crippen molar-refractivity contribution in [2.45, 2.75) is 45.3 Å². The zero-order valence-corrected chi connectivity index (χ0v) is 11.3. The summed E-state index contributed by atoms with van der Waals surface area (Å²) in [5, 5.41) is 21.0. The van der Waals surface area contributed by atoms with E-state index in [0.717, 1.165) is 0 Å². The second kappa shape index (κ2) is 7.55. The summed E-state index contributed by atoms with van der Waals surface area (Å²) in [5.74, 6) is -0.213. The molecule has 0 aliphatic carbocycles. The lowest BCUT2D eigenvalue weighted by Gasteiger charge is -2.21. The number of carboxylic acid groups (broad SMARTS) is 1. The van der Waals surface area contributed by atoms with Gasteiger partial charge in [-0.15, -0.1) is 0 Å². The lowest BCUT2D eigenvalue weighted by atomic mass is 10.1. The van der Waals surface area contributed by atoms with Gasteiger partial charge in [-0.1, -0.05) is 6.92 Å². The molecule has 6 heteroatoms. The smallest absolute Gasteiger partial charge is 0.326 e. The van der Waals surface area contributed by atoms with Crippen LogP contribution in [0.4, 0.5) is 0 Å². The number of carbonyl (C=O) groups excluding carboxylic acids is 1. The van der Waals surface area contributed by atoms with Crippen LogP contribution in [0.5, 0.6) is 0 Å². The number of nitrogens with one attached hydrogen (secondary N) is 1. The first-order chi connectivity index (χ1) is 7.78. The molecule has 0 heterocycles. The van der Waals surface area contributed by atoms with E-state index in [9.17, 15) is 14.7 Å². The highest BCUT2D eigenvalue weighted by Crippen LogP contribution is 2.17.